The SMILES string of the molecule is Cc1nn(Cc2nc(-c3ccc(OCC(N)=O)cc3)no2)cc1[N+](=O)[O-]. The van der Waals surface area contributed by atoms with Crippen molar-refractivity contribution in [1.82, 2.24) is 19.9 Å². The Labute approximate surface area is 146 Å². The lowest BCUT2D eigenvalue weighted by Gasteiger charge is -2.03. The molecule has 2 aromatic heterocycles. The molecule has 0 atom stereocenters. The van der Waals surface area contributed by atoms with Gasteiger partial charge >= 0.3 is 5.69 Å². The number of primary amides is 1. The van der Waals surface area contributed by atoms with E-state index in [0.29, 0.717) is 22.8 Å². The summed E-state index contributed by atoms with van der Waals surface area (Å²) >= 11 is 0. The standard InChI is InChI=1S/C15H14N6O5/c1-9-12(21(23)24)6-20(18-9)7-14-17-15(19-26-14)10-2-4-11(5-3-10)25-8-13(16)22/h2-6H,7-8H2,1H3,(H2,16,22). The van der Waals surface area contributed by atoms with E-state index in [2.05, 4.69) is 15.2 Å². The number of aromatic nitrogens is 4. The lowest BCUT2D eigenvalue weighted by molar-refractivity contribution is -0.385. The maximum absolute atomic E-state index is 10.9. The number of hydrogen-bond acceptors (Lipinski definition) is 8. The summed E-state index contributed by atoms with van der Waals surface area (Å²) in [7, 11) is 0. The fourth-order valence-electron chi connectivity index (χ4n) is 2.20. The van der Waals surface area contributed by atoms with E-state index in [9.17, 15) is 14.9 Å². The molecular formula is C15H14N6O5. The number of carbonyl (C=O) groups is 1. The average Bonchev–Trinajstić information content (AvgIpc) is 3.20. The van der Waals surface area contributed by atoms with E-state index in [1.54, 1.807) is 31.2 Å². The van der Waals surface area contributed by atoms with Crippen LogP contribution >= 0.6 is 0 Å². The van der Waals surface area contributed by atoms with Crippen molar-refractivity contribution in [3.05, 3.63) is 52.2 Å². The molecule has 0 saturated heterocycles. The highest BCUT2D eigenvalue weighted by Crippen LogP contribution is 2.21. The van der Waals surface area contributed by atoms with Crippen molar-refractivity contribution in [2.45, 2.75) is 13.5 Å². The first-order valence-electron chi connectivity index (χ1n) is 7.45. The summed E-state index contributed by atoms with van der Waals surface area (Å²) in [6, 6.07) is 6.70. The second-order valence-electron chi connectivity index (χ2n) is 5.35. The van der Waals surface area contributed by atoms with Crippen molar-refractivity contribution in [2.24, 2.45) is 5.73 Å². The van der Waals surface area contributed by atoms with Crippen LogP contribution in [0, 0.1) is 17.0 Å². The van der Waals surface area contributed by atoms with Crippen LogP contribution in [0.1, 0.15) is 11.6 Å². The Bertz CT molecular complexity index is 946. The van der Waals surface area contributed by atoms with Gasteiger partial charge in [0.1, 0.15) is 24.2 Å². The van der Waals surface area contributed by atoms with E-state index >= 15 is 0 Å². The van der Waals surface area contributed by atoms with Crippen molar-refractivity contribution in [3.8, 4) is 17.1 Å². The Kier molecular flexibility index (Phi) is 4.60. The van der Waals surface area contributed by atoms with Gasteiger partial charge < -0.3 is 15.0 Å². The predicted molar refractivity (Wildman–Crippen MR) is 87.1 cm³/mol. The molecule has 0 saturated carbocycles. The van der Waals surface area contributed by atoms with Crippen LogP contribution in [0.25, 0.3) is 11.4 Å². The quantitative estimate of drug-likeness (QED) is 0.486. The topological polar surface area (TPSA) is 152 Å². The molecule has 0 aliphatic carbocycles. The molecule has 0 bridgehead atoms. The second-order valence-corrected chi connectivity index (χ2v) is 5.35. The molecule has 11 nitrogen and oxygen atoms in total. The molecule has 1 aromatic carbocycles. The number of nitrogens with two attached hydrogens (primary N) is 1. The van der Waals surface area contributed by atoms with Gasteiger partial charge in [-0.25, -0.2) is 0 Å². The minimum absolute atomic E-state index is 0.0729. The predicted octanol–water partition coefficient (Wildman–Crippen LogP) is 1.06. The number of amides is 1. The highest BCUT2D eigenvalue weighted by Gasteiger charge is 2.17. The Balaban J connectivity index is 1.70. The Morgan fingerprint density at radius 1 is 1.38 bits per heavy atom. The zero-order valence-corrected chi connectivity index (χ0v) is 13.7. The number of carbonyl (C=O) groups excluding carboxylic acids is 1. The van der Waals surface area contributed by atoms with Gasteiger partial charge in [0.05, 0.1) is 4.92 Å². The van der Waals surface area contributed by atoms with Gasteiger partial charge in [0.15, 0.2) is 6.61 Å². The van der Waals surface area contributed by atoms with Crippen molar-refractivity contribution < 1.29 is 19.0 Å². The molecule has 11 heteroatoms. The Morgan fingerprint density at radius 2 is 2.12 bits per heavy atom. The van der Waals surface area contributed by atoms with Crippen LogP contribution in [0.4, 0.5) is 5.69 Å². The van der Waals surface area contributed by atoms with E-state index in [4.69, 9.17) is 15.0 Å². The number of nitrogens with zero attached hydrogens (tertiary/aromatic N) is 5. The summed E-state index contributed by atoms with van der Waals surface area (Å²) in [5, 5.41) is 18.8. The molecule has 26 heavy (non-hydrogen) atoms. The summed E-state index contributed by atoms with van der Waals surface area (Å²) in [4.78, 5) is 25.3. The Hall–Kier alpha value is -3.76. The number of rotatable bonds is 7. The number of aryl methyl sites for hydroxylation is 1. The monoisotopic (exact) mass is 358 g/mol. The molecule has 0 unspecified atom stereocenters. The summed E-state index contributed by atoms with van der Waals surface area (Å²) in [6.45, 7) is 1.46. The molecule has 0 aliphatic rings. The summed E-state index contributed by atoms with van der Waals surface area (Å²) < 4.78 is 11.7. The van der Waals surface area contributed by atoms with Crippen molar-refractivity contribution in [3.63, 3.8) is 0 Å². The molecule has 2 heterocycles. The van der Waals surface area contributed by atoms with Gasteiger partial charge in [-0.3, -0.25) is 19.6 Å². The van der Waals surface area contributed by atoms with E-state index in [0.717, 1.165) is 0 Å². The van der Waals surface area contributed by atoms with E-state index in [-0.39, 0.29) is 24.7 Å². The lowest BCUT2D eigenvalue weighted by atomic mass is 10.2. The molecule has 0 spiro atoms. The van der Waals surface area contributed by atoms with Crippen molar-refractivity contribution in [2.75, 3.05) is 6.61 Å². The van der Waals surface area contributed by atoms with E-state index in [1.165, 1.54) is 10.9 Å². The number of ether oxygens (including phenoxy) is 1. The zero-order chi connectivity index (χ0) is 18.7. The minimum Gasteiger partial charge on any atom is -0.484 e. The van der Waals surface area contributed by atoms with Gasteiger partial charge in [0.2, 0.25) is 11.7 Å². The van der Waals surface area contributed by atoms with Crippen LogP contribution in [-0.2, 0) is 11.3 Å². The van der Waals surface area contributed by atoms with Gasteiger partial charge in [0, 0.05) is 5.56 Å². The van der Waals surface area contributed by atoms with Crippen LogP contribution in [0.3, 0.4) is 0 Å². The highest BCUT2D eigenvalue weighted by atomic mass is 16.6. The van der Waals surface area contributed by atoms with Gasteiger partial charge in [0.25, 0.3) is 5.91 Å². The molecule has 0 fully saturated rings. The van der Waals surface area contributed by atoms with Gasteiger partial charge in [-0.05, 0) is 31.2 Å². The molecule has 2 N–H and O–H groups in total. The van der Waals surface area contributed by atoms with Crippen LogP contribution in [0.2, 0.25) is 0 Å². The zero-order valence-electron chi connectivity index (χ0n) is 13.7. The maximum Gasteiger partial charge on any atom is 0.309 e. The number of benzene rings is 1. The molecule has 134 valence electrons. The molecular weight excluding hydrogens is 344 g/mol. The van der Waals surface area contributed by atoms with E-state index < -0.39 is 10.8 Å². The molecule has 3 aromatic rings. The maximum atomic E-state index is 10.9. The third-order valence-electron chi connectivity index (χ3n) is 3.38. The largest absolute Gasteiger partial charge is 0.484 e. The molecule has 3 rings (SSSR count). The highest BCUT2D eigenvalue weighted by molar-refractivity contribution is 5.75. The number of hydrogen-bond donors (Lipinski definition) is 1. The normalized spacial score (nSPS) is 10.7. The average molecular weight is 358 g/mol. The van der Waals surface area contributed by atoms with Crippen LogP contribution in [0.5, 0.6) is 5.75 Å². The van der Waals surface area contributed by atoms with Gasteiger partial charge in [-0.1, -0.05) is 5.16 Å². The molecule has 0 aliphatic heterocycles. The third-order valence-corrected chi connectivity index (χ3v) is 3.38. The number of nitro groups is 1. The lowest BCUT2D eigenvalue weighted by Crippen LogP contribution is -2.19. The first kappa shape index (κ1) is 17.1. The van der Waals surface area contributed by atoms with Crippen LogP contribution in [-0.4, -0.2) is 37.4 Å². The smallest absolute Gasteiger partial charge is 0.309 e. The molecule has 0 radical (unpaired) electrons. The van der Waals surface area contributed by atoms with E-state index in [1.807, 2.05) is 0 Å². The van der Waals surface area contributed by atoms with Crippen molar-refractivity contribution >= 4 is 11.6 Å². The Morgan fingerprint density at radius 3 is 2.73 bits per heavy atom. The van der Waals surface area contributed by atoms with Crippen LogP contribution < -0.4 is 10.5 Å². The summed E-state index contributed by atoms with van der Waals surface area (Å²) in [5.41, 5.74) is 5.92. The van der Waals surface area contributed by atoms with Crippen molar-refractivity contribution in [1.29, 1.82) is 0 Å². The van der Waals surface area contributed by atoms with Crippen LogP contribution in [0.15, 0.2) is 35.0 Å². The first-order chi connectivity index (χ1) is 12.4. The van der Waals surface area contributed by atoms with Gasteiger partial charge in [-0.2, -0.15) is 10.1 Å². The summed E-state index contributed by atoms with van der Waals surface area (Å²) in [5.74, 6) is 0.521. The second kappa shape index (κ2) is 7.01. The fourth-order valence-corrected chi connectivity index (χ4v) is 2.20. The summed E-state index contributed by atoms with van der Waals surface area (Å²) in [6.07, 6.45) is 1.31. The molecule has 1 amide bonds. The van der Waals surface area contributed by atoms with Gasteiger partial charge in [-0.15, -0.1) is 0 Å². The fraction of sp³-hybridized carbons (Fsp3) is 0.200. The minimum atomic E-state index is -0.564. The first-order valence-corrected chi connectivity index (χ1v) is 7.45. The third kappa shape index (κ3) is 3.83.